The van der Waals surface area contributed by atoms with Gasteiger partial charge in [-0.05, 0) is 84.6 Å². The summed E-state index contributed by atoms with van der Waals surface area (Å²) in [5.41, 5.74) is 3.88. The summed E-state index contributed by atoms with van der Waals surface area (Å²) in [7, 11) is 3.76. The molecule has 3 aliphatic rings. The van der Waals surface area contributed by atoms with Crippen molar-refractivity contribution in [3.8, 4) is 12.1 Å². The fourth-order valence-corrected chi connectivity index (χ4v) is 6.36. The molecule has 3 aliphatic heterocycles. The third-order valence-electron chi connectivity index (χ3n) is 8.63. The number of fused-ring (bicyclic) bond motifs is 2. The van der Waals surface area contributed by atoms with Crippen LogP contribution in [-0.2, 0) is 17.7 Å². The molecule has 0 saturated carbocycles. The SMILES string of the molecule is CN1CCCC1.COc1nc2c(c(N3CCN(C(=O)OC(C)(C)C)C(CC#N)C3)n1)CCN(c1cccc3ccc(C)cc13)C2. The number of hydrogen-bond donors (Lipinski definition) is 0. The number of benzene rings is 2. The summed E-state index contributed by atoms with van der Waals surface area (Å²) in [6, 6.07) is 15.3. The van der Waals surface area contributed by atoms with Crippen LogP contribution in [0.1, 0.15) is 56.9 Å². The van der Waals surface area contributed by atoms with Crippen LogP contribution in [0.2, 0.25) is 0 Å². The summed E-state index contributed by atoms with van der Waals surface area (Å²) in [4.78, 5) is 31.0. The van der Waals surface area contributed by atoms with Gasteiger partial charge in [0.05, 0.1) is 37.9 Å². The number of methoxy groups -OCH3 is 1. The number of piperazine rings is 1. The molecule has 240 valence electrons. The molecule has 1 unspecified atom stereocenters. The highest BCUT2D eigenvalue weighted by atomic mass is 16.6. The predicted molar refractivity (Wildman–Crippen MR) is 178 cm³/mol. The predicted octanol–water partition coefficient (Wildman–Crippen LogP) is 5.56. The second kappa shape index (κ2) is 13.9. The van der Waals surface area contributed by atoms with E-state index in [1.807, 2.05) is 20.8 Å². The van der Waals surface area contributed by atoms with E-state index in [0.29, 0.717) is 32.2 Å². The van der Waals surface area contributed by atoms with Gasteiger partial charge in [-0.2, -0.15) is 15.2 Å². The van der Waals surface area contributed by atoms with Gasteiger partial charge in [-0.1, -0.05) is 29.8 Å². The molecular formula is C35H47N7O3. The van der Waals surface area contributed by atoms with E-state index in [2.05, 4.69) is 71.1 Å². The lowest BCUT2D eigenvalue weighted by molar-refractivity contribution is 0.0144. The van der Waals surface area contributed by atoms with Crippen molar-refractivity contribution in [1.29, 1.82) is 5.26 Å². The van der Waals surface area contributed by atoms with Gasteiger partial charge in [0.2, 0.25) is 0 Å². The zero-order chi connectivity index (χ0) is 32.1. The molecule has 2 fully saturated rings. The molecule has 0 spiro atoms. The number of aromatic nitrogens is 2. The number of anilines is 2. The van der Waals surface area contributed by atoms with Crippen LogP contribution < -0.4 is 14.5 Å². The van der Waals surface area contributed by atoms with Crippen molar-refractivity contribution in [1.82, 2.24) is 19.8 Å². The van der Waals surface area contributed by atoms with E-state index >= 15 is 0 Å². The number of carbonyl (C=O) groups excluding carboxylic acids is 1. The Morgan fingerprint density at radius 1 is 1.04 bits per heavy atom. The van der Waals surface area contributed by atoms with Crippen molar-refractivity contribution in [3.05, 3.63) is 53.2 Å². The molecule has 2 aromatic carbocycles. The Balaban J connectivity index is 0.000000598. The Morgan fingerprint density at radius 3 is 2.49 bits per heavy atom. The molecule has 4 heterocycles. The van der Waals surface area contributed by atoms with E-state index in [1.54, 1.807) is 12.0 Å². The molecule has 45 heavy (non-hydrogen) atoms. The zero-order valence-electron chi connectivity index (χ0n) is 27.7. The Bertz CT molecular complexity index is 1540. The highest BCUT2D eigenvalue weighted by Crippen LogP contribution is 2.35. The van der Waals surface area contributed by atoms with Crippen LogP contribution in [0, 0.1) is 18.3 Å². The second-order valence-electron chi connectivity index (χ2n) is 13.3. The summed E-state index contributed by atoms with van der Waals surface area (Å²) in [5, 5.41) is 12.0. The van der Waals surface area contributed by atoms with Gasteiger partial charge in [0.15, 0.2) is 0 Å². The number of rotatable bonds is 4. The number of hydrogen-bond acceptors (Lipinski definition) is 9. The highest BCUT2D eigenvalue weighted by molar-refractivity contribution is 5.95. The minimum atomic E-state index is -0.598. The lowest BCUT2D eigenvalue weighted by Gasteiger charge is -2.42. The first-order chi connectivity index (χ1) is 21.6. The van der Waals surface area contributed by atoms with E-state index in [4.69, 9.17) is 19.4 Å². The fraction of sp³-hybridized carbons (Fsp3) is 0.543. The molecule has 2 saturated heterocycles. The zero-order valence-corrected chi connectivity index (χ0v) is 27.7. The average Bonchev–Trinajstić information content (AvgIpc) is 3.50. The van der Waals surface area contributed by atoms with Gasteiger partial charge >= 0.3 is 12.1 Å². The number of carbonyl (C=O) groups is 1. The van der Waals surface area contributed by atoms with Crippen LogP contribution in [0.3, 0.4) is 0 Å². The van der Waals surface area contributed by atoms with Gasteiger partial charge in [-0.25, -0.2) is 4.79 Å². The topological polar surface area (TPSA) is 98.1 Å². The van der Waals surface area contributed by atoms with Crippen LogP contribution in [0.25, 0.3) is 10.8 Å². The lowest BCUT2D eigenvalue weighted by Crippen LogP contribution is -2.56. The molecular weight excluding hydrogens is 566 g/mol. The molecule has 6 rings (SSSR count). The van der Waals surface area contributed by atoms with E-state index in [1.165, 1.54) is 48.0 Å². The van der Waals surface area contributed by atoms with Gasteiger partial charge in [0.25, 0.3) is 0 Å². The Hall–Kier alpha value is -4.10. The van der Waals surface area contributed by atoms with E-state index in [0.717, 1.165) is 30.0 Å². The normalized spacial score (nSPS) is 18.6. The van der Waals surface area contributed by atoms with Gasteiger partial charge in [-0.3, -0.25) is 0 Å². The van der Waals surface area contributed by atoms with Crippen LogP contribution in [-0.4, -0.2) is 90.9 Å². The van der Waals surface area contributed by atoms with Crippen LogP contribution in [0.4, 0.5) is 16.3 Å². The number of aryl methyl sites for hydroxylation is 1. The van der Waals surface area contributed by atoms with Crippen molar-refractivity contribution in [2.45, 2.75) is 71.6 Å². The van der Waals surface area contributed by atoms with Crippen molar-refractivity contribution < 1.29 is 14.3 Å². The first kappa shape index (κ1) is 32.3. The van der Waals surface area contributed by atoms with Crippen LogP contribution >= 0.6 is 0 Å². The number of nitrogens with zero attached hydrogens (tertiary/aromatic N) is 7. The maximum absolute atomic E-state index is 12.9. The molecule has 10 nitrogen and oxygen atoms in total. The molecule has 0 radical (unpaired) electrons. The van der Waals surface area contributed by atoms with Crippen molar-refractivity contribution in [3.63, 3.8) is 0 Å². The molecule has 1 amide bonds. The molecule has 10 heteroatoms. The van der Waals surface area contributed by atoms with Gasteiger partial charge in [0.1, 0.15) is 11.4 Å². The minimum absolute atomic E-state index is 0.217. The maximum atomic E-state index is 12.9. The standard InChI is InChI=1S/C30H36N6O3.C5H11N/c1-20-9-10-21-7-6-8-26(24(21)17-20)34-14-12-23-25(19-34)32-28(38-5)33-27(23)35-15-16-36(22(18-35)11-13-31)29(37)39-30(2,3)4;1-6-4-2-3-5-6/h6-10,17,22H,11-12,14-16,18-19H2,1-5H3;2-5H2,1H3. The molecule has 1 atom stereocenters. The van der Waals surface area contributed by atoms with Gasteiger partial charge in [-0.15, -0.1) is 0 Å². The van der Waals surface area contributed by atoms with Gasteiger partial charge < -0.3 is 29.1 Å². The lowest BCUT2D eigenvalue weighted by atomic mass is 10.0. The summed E-state index contributed by atoms with van der Waals surface area (Å²) in [6.45, 7) is 13.3. The molecule has 0 bridgehead atoms. The van der Waals surface area contributed by atoms with E-state index < -0.39 is 5.60 Å². The first-order valence-electron chi connectivity index (χ1n) is 16.0. The van der Waals surface area contributed by atoms with Crippen LogP contribution in [0.5, 0.6) is 6.01 Å². The molecule has 0 aliphatic carbocycles. The summed E-state index contributed by atoms with van der Waals surface area (Å²) < 4.78 is 11.1. The highest BCUT2D eigenvalue weighted by Gasteiger charge is 2.36. The minimum Gasteiger partial charge on any atom is -0.467 e. The van der Waals surface area contributed by atoms with Crippen LogP contribution in [0.15, 0.2) is 36.4 Å². The van der Waals surface area contributed by atoms with Gasteiger partial charge in [0, 0.05) is 42.8 Å². The van der Waals surface area contributed by atoms with Crippen molar-refractivity contribution in [2.75, 3.05) is 63.2 Å². The molecule has 0 N–H and O–H groups in total. The number of amides is 1. The summed E-state index contributed by atoms with van der Waals surface area (Å²) >= 11 is 0. The van der Waals surface area contributed by atoms with Crippen molar-refractivity contribution in [2.24, 2.45) is 0 Å². The monoisotopic (exact) mass is 613 g/mol. The van der Waals surface area contributed by atoms with E-state index in [9.17, 15) is 10.1 Å². The number of nitriles is 1. The number of likely N-dealkylation sites (tertiary alicyclic amines) is 1. The average molecular weight is 614 g/mol. The summed E-state index contributed by atoms with van der Waals surface area (Å²) in [5.74, 6) is 0.831. The molecule has 3 aromatic rings. The largest absolute Gasteiger partial charge is 0.467 e. The second-order valence-corrected chi connectivity index (χ2v) is 13.3. The molecule has 1 aromatic heterocycles. The van der Waals surface area contributed by atoms with Crippen molar-refractivity contribution >= 4 is 28.4 Å². The smallest absolute Gasteiger partial charge is 0.410 e. The third-order valence-corrected chi connectivity index (χ3v) is 8.63. The quantitative estimate of drug-likeness (QED) is 0.375. The van der Waals surface area contributed by atoms with E-state index in [-0.39, 0.29) is 18.6 Å². The Morgan fingerprint density at radius 2 is 1.82 bits per heavy atom. The number of ether oxygens (including phenoxy) is 2. The third kappa shape index (κ3) is 7.77. The Labute approximate surface area is 267 Å². The first-order valence-corrected chi connectivity index (χ1v) is 16.0. The Kier molecular flexibility index (Phi) is 9.98. The maximum Gasteiger partial charge on any atom is 0.410 e. The fourth-order valence-electron chi connectivity index (χ4n) is 6.36. The summed E-state index contributed by atoms with van der Waals surface area (Å²) in [6.07, 6.45) is 3.44.